The second-order valence-corrected chi connectivity index (χ2v) is 4.33. The number of carbonyl (C=O) groups is 1. The minimum absolute atomic E-state index is 0.191. The Balaban J connectivity index is 4.49. The second-order valence-electron chi connectivity index (χ2n) is 4.33. The Kier molecular flexibility index (Phi) is 4.11. The highest BCUT2D eigenvalue weighted by molar-refractivity contribution is 5.87. The van der Waals surface area contributed by atoms with E-state index in [2.05, 4.69) is 13.2 Å². The first-order chi connectivity index (χ1) is 6.19. The number of rotatable bonds is 4. The number of esters is 1. The topological polar surface area (TPSA) is 26.3 Å². The van der Waals surface area contributed by atoms with E-state index in [0.29, 0.717) is 5.57 Å². The lowest BCUT2D eigenvalue weighted by Crippen LogP contribution is -2.32. The quantitative estimate of drug-likeness (QED) is 0.392. The molecule has 0 heterocycles. The monoisotopic (exact) mass is 196 g/mol. The van der Waals surface area contributed by atoms with Crippen molar-refractivity contribution in [1.82, 2.24) is 0 Å². The van der Waals surface area contributed by atoms with Crippen LogP contribution in [0.5, 0.6) is 0 Å². The third-order valence-corrected chi connectivity index (χ3v) is 2.75. The van der Waals surface area contributed by atoms with Crippen LogP contribution in [-0.2, 0) is 9.53 Å². The van der Waals surface area contributed by atoms with Crippen LogP contribution in [0.25, 0.3) is 0 Å². The Bertz CT molecular complexity index is 261. The Labute approximate surface area is 86.6 Å². The summed E-state index contributed by atoms with van der Waals surface area (Å²) in [5, 5.41) is 0. The number of hydrogen-bond acceptors (Lipinski definition) is 2. The summed E-state index contributed by atoms with van der Waals surface area (Å²) < 4.78 is 5.24. The van der Waals surface area contributed by atoms with Gasteiger partial charge in [-0.1, -0.05) is 32.6 Å². The lowest BCUT2D eigenvalue weighted by Gasteiger charge is -2.31. The maximum Gasteiger partial charge on any atom is 0.333 e. The zero-order valence-electron chi connectivity index (χ0n) is 9.81. The summed E-state index contributed by atoms with van der Waals surface area (Å²) in [5.74, 6) is -0.341. The molecule has 0 aliphatic heterocycles. The molecule has 1 unspecified atom stereocenters. The van der Waals surface area contributed by atoms with Crippen molar-refractivity contribution in [2.75, 3.05) is 0 Å². The molecule has 2 heteroatoms. The van der Waals surface area contributed by atoms with E-state index in [1.165, 1.54) is 0 Å². The zero-order chi connectivity index (χ0) is 11.5. The standard InChI is InChI=1S/C12H20O2/c1-8(2)11(13)14-10(5)12(6,7)9(3)4/h10H,1,3H2,2,4-7H3. The normalized spacial score (nSPS) is 13.2. The highest BCUT2D eigenvalue weighted by Gasteiger charge is 2.29. The molecule has 0 bridgehead atoms. The molecule has 0 aliphatic rings. The van der Waals surface area contributed by atoms with E-state index in [9.17, 15) is 4.79 Å². The van der Waals surface area contributed by atoms with Crippen LogP contribution in [0, 0.1) is 5.41 Å². The molecule has 0 spiro atoms. The minimum atomic E-state index is -0.341. The molecular formula is C12H20O2. The highest BCUT2D eigenvalue weighted by atomic mass is 16.5. The average molecular weight is 196 g/mol. The van der Waals surface area contributed by atoms with Gasteiger partial charge in [-0.05, 0) is 20.8 Å². The Morgan fingerprint density at radius 3 is 2.00 bits per heavy atom. The van der Waals surface area contributed by atoms with Gasteiger partial charge >= 0.3 is 5.97 Å². The predicted octanol–water partition coefficient (Wildman–Crippen LogP) is 3.10. The van der Waals surface area contributed by atoms with E-state index >= 15 is 0 Å². The van der Waals surface area contributed by atoms with Gasteiger partial charge < -0.3 is 4.74 Å². The Morgan fingerprint density at radius 1 is 1.29 bits per heavy atom. The summed E-state index contributed by atoms with van der Waals surface area (Å²) in [7, 11) is 0. The van der Waals surface area contributed by atoms with E-state index < -0.39 is 0 Å². The fourth-order valence-corrected chi connectivity index (χ4v) is 0.755. The Hall–Kier alpha value is -1.05. The van der Waals surface area contributed by atoms with Gasteiger partial charge in [0.2, 0.25) is 0 Å². The van der Waals surface area contributed by atoms with Crippen LogP contribution in [-0.4, -0.2) is 12.1 Å². The van der Waals surface area contributed by atoms with Crippen LogP contribution in [0.15, 0.2) is 24.3 Å². The van der Waals surface area contributed by atoms with Crippen molar-refractivity contribution in [3.8, 4) is 0 Å². The van der Waals surface area contributed by atoms with Gasteiger partial charge in [0.25, 0.3) is 0 Å². The van der Waals surface area contributed by atoms with Crippen LogP contribution in [0.3, 0.4) is 0 Å². The van der Waals surface area contributed by atoms with Crippen molar-refractivity contribution in [2.24, 2.45) is 5.41 Å². The molecule has 14 heavy (non-hydrogen) atoms. The fraction of sp³-hybridized carbons (Fsp3) is 0.583. The maximum atomic E-state index is 11.3. The second kappa shape index (κ2) is 4.45. The molecule has 0 fully saturated rings. The van der Waals surface area contributed by atoms with Crippen molar-refractivity contribution in [3.05, 3.63) is 24.3 Å². The van der Waals surface area contributed by atoms with E-state index in [-0.39, 0.29) is 17.5 Å². The van der Waals surface area contributed by atoms with E-state index in [1.807, 2.05) is 27.7 Å². The lowest BCUT2D eigenvalue weighted by molar-refractivity contribution is -0.147. The molecular weight excluding hydrogens is 176 g/mol. The zero-order valence-corrected chi connectivity index (χ0v) is 9.81. The van der Waals surface area contributed by atoms with Crippen LogP contribution in [0.2, 0.25) is 0 Å². The number of hydrogen-bond donors (Lipinski definition) is 0. The molecule has 80 valence electrons. The molecule has 1 atom stereocenters. The molecule has 0 aromatic rings. The van der Waals surface area contributed by atoms with Crippen molar-refractivity contribution >= 4 is 5.97 Å². The van der Waals surface area contributed by atoms with Crippen molar-refractivity contribution in [2.45, 2.75) is 40.7 Å². The molecule has 2 nitrogen and oxygen atoms in total. The first kappa shape index (κ1) is 12.9. The summed E-state index contributed by atoms with van der Waals surface area (Å²) in [5.41, 5.74) is 1.22. The summed E-state index contributed by atoms with van der Waals surface area (Å²) in [6, 6.07) is 0. The van der Waals surface area contributed by atoms with Crippen molar-refractivity contribution in [3.63, 3.8) is 0 Å². The smallest absolute Gasteiger partial charge is 0.333 e. The lowest BCUT2D eigenvalue weighted by atomic mass is 9.81. The first-order valence-corrected chi connectivity index (χ1v) is 4.72. The van der Waals surface area contributed by atoms with Crippen molar-refractivity contribution < 1.29 is 9.53 Å². The van der Waals surface area contributed by atoms with E-state index in [0.717, 1.165) is 5.57 Å². The highest BCUT2D eigenvalue weighted by Crippen LogP contribution is 2.30. The molecule has 0 amide bonds. The molecule has 0 aromatic heterocycles. The third-order valence-electron chi connectivity index (χ3n) is 2.75. The van der Waals surface area contributed by atoms with Crippen LogP contribution in [0.1, 0.15) is 34.6 Å². The van der Waals surface area contributed by atoms with Gasteiger partial charge in [0.1, 0.15) is 6.10 Å². The average Bonchev–Trinajstić information content (AvgIpc) is 2.03. The van der Waals surface area contributed by atoms with Crippen molar-refractivity contribution in [1.29, 1.82) is 0 Å². The van der Waals surface area contributed by atoms with Gasteiger partial charge in [0, 0.05) is 11.0 Å². The summed E-state index contributed by atoms with van der Waals surface area (Å²) in [6.45, 7) is 16.9. The predicted molar refractivity (Wildman–Crippen MR) is 59.0 cm³/mol. The van der Waals surface area contributed by atoms with Crippen LogP contribution >= 0.6 is 0 Å². The van der Waals surface area contributed by atoms with Gasteiger partial charge in [0.15, 0.2) is 0 Å². The summed E-state index contributed by atoms with van der Waals surface area (Å²) in [4.78, 5) is 11.3. The van der Waals surface area contributed by atoms with Crippen LogP contribution in [0.4, 0.5) is 0 Å². The van der Waals surface area contributed by atoms with Gasteiger partial charge in [-0.2, -0.15) is 0 Å². The molecule has 0 N–H and O–H groups in total. The molecule has 0 aliphatic carbocycles. The fourth-order valence-electron chi connectivity index (χ4n) is 0.755. The van der Waals surface area contributed by atoms with Gasteiger partial charge in [-0.15, -0.1) is 0 Å². The van der Waals surface area contributed by atoms with Gasteiger partial charge in [0.05, 0.1) is 0 Å². The molecule has 0 rings (SSSR count). The third kappa shape index (κ3) is 3.02. The minimum Gasteiger partial charge on any atom is -0.458 e. The van der Waals surface area contributed by atoms with E-state index in [1.54, 1.807) is 6.92 Å². The molecule has 0 saturated carbocycles. The number of ether oxygens (including phenoxy) is 1. The Morgan fingerprint density at radius 2 is 1.71 bits per heavy atom. The first-order valence-electron chi connectivity index (χ1n) is 4.72. The largest absolute Gasteiger partial charge is 0.458 e. The van der Waals surface area contributed by atoms with Gasteiger partial charge in [-0.3, -0.25) is 0 Å². The van der Waals surface area contributed by atoms with Crippen LogP contribution < -0.4 is 0 Å². The van der Waals surface area contributed by atoms with Gasteiger partial charge in [-0.25, -0.2) is 4.79 Å². The maximum absolute atomic E-state index is 11.3. The molecule has 0 aromatic carbocycles. The number of carbonyl (C=O) groups excluding carboxylic acids is 1. The SMILES string of the molecule is C=C(C)C(=O)OC(C)C(C)(C)C(=C)C. The molecule has 0 saturated heterocycles. The summed E-state index contributed by atoms with van der Waals surface area (Å²) in [6.07, 6.45) is -0.191. The molecule has 0 radical (unpaired) electrons. The summed E-state index contributed by atoms with van der Waals surface area (Å²) >= 11 is 0. The van der Waals surface area contributed by atoms with E-state index in [4.69, 9.17) is 4.74 Å².